The third-order valence-corrected chi connectivity index (χ3v) is 4.96. The molecule has 3 rings (SSSR count). The second-order valence-corrected chi connectivity index (χ2v) is 6.44. The van der Waals surface area contributed by atoms with Gasteiger partial charge in [-0.25, -0.2) is 4.98 Å². The summed E-state index contributed by atoms with van der Waals surface area (Å²) in [7, 11) is 3.84. The molecule has 1 aliphatic heterocycles. The Balaban J connectivity index is 0.00000192. The zero-order valence-electron chi connectivity index (χ0n) is 14.2. The number of aliphatic imine (C=N–C) groups is 1. The molecule has 0 bridgehead atoms. The highest BCUT2D eigenvalue weighted by Gasteiger charge is 2.30. The van der Waals surface area contributed by atoms with E-state index in [1.807, 2.05) is 31.1 Å². The van der Waals surface area contributed by atoms with Crippen LogP contribution in [0.1, 0.15) is 37.9 Å². The van der Waals surface area contributed by atoms with Crippen LogP contribution in [0.15, 0.2) is 17.4 Å². The van der Waals surface area contributed by atoms with Gasteiger partial charge >= 0.3 is 0 Å². The minimum atomic E-state index is 0. The molecular formula is C16H29IN6. The van der Waals surface area contributed by atoms with Gasteiger partial charge in [-0.1, -0.05) is 12.8 Å². The fourth-order valence-corrected chi connectivity index (χ4v) is 3.62. The summed E-state index contributed by atoms with van der Waals surface area (Å²) >= 11 is 0. The Morgan fingerprint density at radius 1 is 1.35 bits per heavy atom. The molecule has 0 aromatic carbocycles. The minimum absolute atomic E-state index is 0. The number of hydrogen-bond acceptors (Lipinski definition) is 3. The molecule has 0 spiro atoms. The van der Waals surface area contributed by atoms with Gasteiger partial charge in [-0.15, -0.1) is 24.0 Å². The van der Waals surface area contributed by atoms with Crippen molar-refractivity contribution in [3.63, 3.8) is 0 Å². The fraction of sp³-hybridized carbons (Fsp3) is 0.750. The van der Waals surface area contributed by atoms with E-state index >= 15 is 0 Å². The van der Waals surface area contributed by atoms with Gasteiger partial charge in [0, 0.05) is 51.7 Å². The number of likely N-dealkylation sites (tertiary alicyclic amines) is 1. The second kappa shape index (κ2) is 8.86. The molecule has 130 valence electrons. The largest absolute Gasteiger partial charge is 0.352 e. The third kappa shape index (κ3) is 4.82. The summed E-state index contributed by atoms with van der Waals surface area (Å²) in [5.74, 6) is 1.89. The first-order chi connectivity index (χ1) is 10.8. The molecule has 1 saturated heterocycles. The van der Waals surface area contributed by atoms with E-state index in [0.29, 0.717) is 12.6 Å². The summed E-state index contributed by atoms with van der Waals surface area (Å²) in [4.78, 5) is 11.3. The number of halogens is 1. The number of imidazole rings is 1. The molecule has 0 radical (unpaired) electrons. The van der Waals surface area contributed by atoms with Crippen molar-refractivity contribution in [2.45, 2.75) is 50.7 Å². The van der Waals surface area contributed by atoms with Crippen molar-refractivity contribution in [1.82, 2.24) is 25.1 Å². The lowest BCUT2D eigenvalue weighted by atomic mass is 10.2. The van der Waals surface area contributed by atoms with Crippen molar-refractivity contribution < 1.29 is 0 Å². The lowest BCUT2D eigenvalue weighted by Gasteiger charge is -2.24. The zero-order chi connectivity index (χ0) is 15.4. The Labute approximate surface area is 156 Å². The van der Waals surface area contributed by atoms with E-state index in [0.717, 1.165) is 24.4 Å². The van der Waals surface area contributed by atoms with Crippen LogP contribution in [0.5, 0.6) is 0 Å². The fourth-order valence-electron chi connectivity index (χ4n) is 3.62. The minimum Gasteiger partial charge on any atom is -0.352 e. The van der Waals surface area contributed by atoms with Crippen molar-refractivity contribution in [3.8, 4) is 0 Å². The van der Waals surface area contributed by atoms with Gasteiger partial charge in [0.2, 0.25) is 0 Å². The molecule has 7 heteroatoms. The van der Waals surface area contributed by atoms with Crippen LogP contribution >= 0.6 is 24.0 Å². The average Bonchev–Trinajstić information content (AvgIpc) is 3.25. The van der Waals surface area contributed by atoms with Gasteiger partial charge in [-0.3, -0.25) is 9.89 Å². The van der Waals surface area contributed by atoms with E-state index in [1.54, 1.807) is 0 Å². The Bertz CT molecular complexity index is 508. The van der Waals surface area contributed by atoms with Gasteiger partial charge in [0.15, 0.2) is 5.96 Å². The van der Waals surface area contributed by atoms with Gasteiger partial charge in [-0.2, -0.15) is 0 Å². The molecule has 2 N–H and O–H groups in total. The van der Waals surface area contributed by atoms with Crippen LogP contribution in [-0.2, 0) is 13.6 Å². The highest BCUT2D eigenvalue weighted by Crippen LogP contribution is 2.26. The van der Waals surface area contributed by atoms with Crippen molar-refractivity contribution in [2.75, 3.05) is 20.1 Å². The SMILES string of the molecule is CN=C(NCc1nccn1C)NC1CCN(C2CCCC2)C1.I. The van der Waals surface area contributed by atoms with Crippen LogP contribution in [0.2, 0.25) is 0 Å². The third-order valence-electron chi connectivity index (χ3n) is 4.96. The molecule has 1 saturated carbocycles. The first-order valence-corrected chi connectivity index (χ1v) is 8.43. The Kier molecular flexibility index (Phi) is 7.13. The van der Waals surface area contributed by atoms with E-state index in [4.69, 9.17) is 0 Å². The number of aromatic nitrogens is 2. The molecule has 6 nitrogen and oxygen atoms in total. The lowest BCUT2D eigenvalue weighted by Crippen LogP contribution is -2.45. The Hall–Kier alpha value is -0.830. The zero-order valence-corrected chi connectivity index (χ0v) is 16.5. The molecule has 2 fully saturated rings. The van der Waals surface area contributed by atoms with Gasteiger partial charge < -0.3 is 15.2 Å². The van der Waals surface area contributed by atoms with Crippen LogP contribution in [-0.4, -0.2) is 52.6 Å². The molecular weight excluding hydrogens is 403 g/mol. The number of aryl methyl sites for hydroxylation is 1. The molecule has 0 amide bonds. The quantitative estimate of drug-likeness (QED) is 0.432. The normalized spacial score (nSPS) is 23.0. The van der Waals surface area contributed by atoms with E-state index in [-0.39, 0.29) is 24.0 Å². The first-order valence-electron chi connectivity index (χ1n) is 8.43. The molecule has 1 unspecified atom stereocenters. The smallest absolute Gasteiger partial charge is 0.191 e. The van der Waals surface area contributed by atoms with Gasteiger partial charge in [0.05, 0.1) is 6.54 Å². The summed E-state index contributed by atoms with van der Waals surface area (Å²) in [5.41, 5.74) is 0. The van der Waals surface area contributed by atoms with Crippen molar-refractivity contribution >= 4 is 29.9 Å². The number of nitrogens with zero attached hydrogens (tertiary/aromatic N) is 4. The Morgan fingerprint density at radius 3 is 2.78 bits per heavy atom. The van der Waals surface area contributed by atoms with E-state index in [2.05, 4.69) is 25.5 Å². The van der Waals surface area contributed by atoms with Crippen molar-refractivity contribution in [1.29, 1.82) is 0 Å². The van der Waals surface area contributed by atoms with Gasteiger partial charge in [0.25, 0.3) is 0 Å². The number of rotatable bonds is 4. The summed E-state index contributed by atoms with van der Waals surface area (Å²) < 4.78 is 2.03. The van der Waals surface area contributed by atoms with Crippen LogP contribution in [0, 0.1) is 0 Å². The first kappa shape index (κ1) is 18.5. The number of hydrogen-bond donors (Lipinski definition) is 2. The summed E-state index contributed by atoms with van der Waals surface area (Å²) in [6.07, 6.45) is 10.6. The van der Waals surface area contributed by atoms with Crippen LogP contribution in [0.3, 0.4) is 0 Å². The predicted molar refractivity (Wildman–Crippen MR) is 104 cm³/mol. The molecule has 23 heavy (non-hydrogen) atoms. The van der Waals surface area contributed by atoms with Crippen molar-refractivity contribution in [2.24, 2.45) is 12.0 Å². The average molecular weight is 432 g/mol. The molecule has 2 aliphatic rings. The van der Waals surface area contributed by atoms with Crippen molar-refractivity contribution in [3.05, 3.63) is 18.2 Å². The second-order valence-electron chi connectivity index (χ2n) is 6.44. The maximum atomic E-state index is 4.34. The summed E-state index contributed by atoms with van der Waals surface area (Å²) in [6.45, 7) is 3.06. The molecule has 1 aromatic heterocycles. The lowest BCUT2D eigenvalue weighted by molar-refractivity contribution is 0.242. The molecule has 2 heterocycles. The Morgan fingerprint density at radius 2 is 2.13 bits per heavy atom. The standard InChI is InChI=1S/C16H28N6.HI/c1-17-16(19-11-15-18-8-10-21(15)2)20-13-7-9-22(12-13)14-5-3-4-6-14;/h8,10,13-14H,3-7,9,11-12H2,1-2H3,(H2,17,19,20);1H. The van der Waals surface area contributed by atoms with Crippen LogP contribution < -0.4 is 10.6 Å². The highest BCUT2D eigenvalue weighted by molar-refractivity contribution is 14.0. The van der Waals surface area contributed by atoms with Gasteiger partial charge in [-0.05, 0) is 19.3 Å². The van der Waals surface area contributed by atoms with E-state index in [9.17, 15) is 0 Å². The maximum Gasteiger partial charge on any atom is 0.191 e. The predicted octanol–water partition coefficient (Wildman–Crippen LogP) is 1.72. The van der Waals surface area contributed by atoms with E-state index < -0.39 is 0 Å². The molecule has 1 aliphatic carbocycles. The number of nitrogens with one attached hydrogen (secondary N) is 2. The monoisotopic (exact) mass is 432 g/mol. The van der Waals surface area contributed by atoms with Gasteiger partial charge in [0.1, 0.15) is 5.82 Å². The summed E-state index contributed by atoms with van der Waals surface area (Å²) in [6, 6.07) is 1.34. The topological polar surface area (TPSA) is 57.5 Å². The maximum absolute atomic E-state index is 4.34. The highest BCUT2D eigenvalue weighted by atomic mass is 127. The molecule has 1 aromatic rings. The van der Waals surface area contributed by atoms with Crippen LogP contribution in [0.25, 0.3) is 0 Å². The van der Waals surface area contributed by atoms with Crippen LogP contribution in [0.4, 0.5) is 0 Å². The number of guanidine groups is 1. The van der Waals surface area contributed by atoms with E-state index in [1.165, 1.54) is 38.6 Å². The summed E-state index contributed by atoms with van der Waals surface area (Å²) in [5, 5.41) is 6.92. The molecule has 1 atom stereocenters.